The zero-order valence-electron chi connectivity index (χ0n) is 23.5. The van der Waals surface area contributed by atoms with Crippen LogP contribution in [0, 0.1) is 0 Å². The van der Waals surface area contributed by atoms with Crippen molar-refractivity contribution in [3.05, 3.63) is 12.2 Å². The minimum Gasteiger partial charge on any atom is -0.726 e. The van der Waals surface area contributed by atoms with E-state index >= 15 is 0 Å². The molecule has 0 rings (SSSR count). The van der Waals surface area contributed by atoms with Crippen LogP contribution in [0.1, 0.15) is 117 Å². The van der Waals surface area contributed by atoms with Crippen LogP contribution in [0.4, 0.5) is 0 Å². The molecule has 0 aliphatic heterocycles. The average molecular weight is 521 g/mol. The van der Waals surface area contributed by atoms with E-state index in [1.807, 2.05) is 0 Å². The van der Waals surface area contributed by atoms with Gasteiger partial charge >= 0.3 is 0 Å². The highest BCUT2D eigenvalue weighted by molar-refractivity contribution is 7.80. The molecule has 0 saturated carbocycles. The summed E-state index contributed by atoms with van der Waals surface area (Å²) in [5, 5.41) is 3.07. The van der Waals surface area contributed by atoms with Gasteiger partial charge in [-0.25, -0.2) is 8.42 Å². The van der Waals surface area contributed by atoms with E-state index < -0.39 is 10.4 Å². The first-order chi connectivity index (χ1) is 16.6. The molecular weight excluding hydrogens is 464 g/mol. The van der Waals surface area contributed by atoms with Gasteiger partial charge in [-0.1, -0.05) is 70.4 Å². The Labute approximate surface area is 217 Å². The van der Waals surface area contributed by atoms with Crippen LogP contribution in [-0.4, -0.2) is 63.7 Å². The third-order valence-corrected chi connectivity index (χ3v) is 6.57. The van der Waals surface area contributed by atoms with Crippen molar-refractivity contribution in [2.45, 2.75) is 117 Å². The number of carbonyl (C=O) groups excluding carboxylic acids is 1. The summed E-state index contributed by atoms with van der Waals surface area (Å²) < 4.78 is 33.0. The predicted octanol–water partition coefficient (Wildman–Crippen LogP) is 6.11. The van der Waals surface area contributed by atoms with Crippen molar-refractivity contribution in [2.75, 3.05) is 40.3 Å². The summed E-state index contributed by atoms with van der Waals surface area (Å²) >= 11 is 0. The number of hydrogen-bond acceptors (Lipinski definition) is 5. The molecule has 0 unspecified atom stereocenters. The molecule has 0 fully saturated rings. The van der Waals surface area contributed by atoms with Crippen LogP contribution in [0.3, 0.4) is 0 Å². The Morgan fingerprint density at radius 3 is 1.80 bits per heavy atom. The molecule has 1 amide bonds. The second-order valence-corrected chi connectivity index (χ2v) is 10.9. The number of nitrogens with zero attached hydrogens (tertiary/aromatic N) is 1. The quantitative estimate of drug-likeness (QED) is 0.0611. The lowest BCUT2D eigenvalue weighted by Gasteiger charge is -2.28. The fourth-order valence-corrected chi connectivity index (χ4v) is 3.77. The molecule has 7 nitrogen and oxygen atoms in total. The number of nitrogens with one attached hydrogen (secondary N) is 1. The van der Waals surface area contributed by atoms with Crippen molar-refractivity contribution < 1.29 is 26.4 Å². The molecule has 0 aromatic carbocycles. The Bertz CT molecular complexity index is 607. The van der Waals surface area contributed by atoms with Crippen LogP contribution in [0.15, 0.2) is 12.2 Å². The number of carbonyl (C=O) groups is 1. The standard InChI is InChI=1S/C25H50N2O.C2H6O4S/c1-5-7-8-9-10-11-12-13-14-15-16-17-18-19-20-22-25(28)26-23-21-24-27(3,4)6-2;1-2-6-7(3,4)5/h13-14H,5-12,15-24H2,1-4H3;2H2,1H3,(H,3,4,5)/b14-13-;. The first kappa shape index (κ1) is 36.2. The molecule has 0 saturated heterocycles. The predicted molar refractivity (Wildman–Crippen MR) is 146 cm³/mol. The molecule has 0 spiro atoms. The minimum atomic E-state index is -4.42. The summed E-state index contributed by atoms with van der Waals surface area (Å²) in [4.78, 5) is 11.8. The van der Waals surface area contributed by atoms with Crippen LogP contribution in [-0.2, 0) is 19.4 Å². The summed E-state index contributed by atoms with van der Waals surface area (Å²) in [5.74, 6) is 0.236. The van der Waals surface area contributed by atoms with Gasteiger partial charge in [0.1, 0.15) is 0 Å². The average Bonchev–Trinajstić information content (AvgIpc) is 2.79. The Morgan fingerprint density at radius 2 is 1.34 bits per heavy atom. The molecule has 0 aromatic rings. The normalized spacial score (nSPS) is 11.9. The summed E-state index contributed by atoms with van der Waals surface area (Å²) in [6.45, 7) is 8.92. The van der Waals surface area contributed by atoms with Crippen molar-refractivity contribution in [1.82, 2.24) is 5.32 Å². The van der Waals surface area contributed by atoms with Gasteiger partial charge in [0.15, 0.2) is 0 Å². The van der Waals surface area contributed by atoms with E-state index in [9.17, 15) is 17.8 Å². The fourth-order valence-electron chi connectivity index (χ4n) is 3.48. The van der Waals surface area contributed by atoms with Crippen molar-refractivity contribution in [2.24, 2.45) is 0 Å². The lowest BCUT2D eigenvalue weighted by Crippen LogP contribution is -2.41. The second kappa shape index (κ2) is 24.7. The molecule has 0 aliphatic rings. The minimum absolute atomic E-state index is 0.0914. The van der Waals surface area contributed by atoms with Gasteiger partial charge in [0.25, 0.3) is 0 Å². The van der Waals surface area contributed by atoms with Gasteiger partial charge < -0.3 is 14.4 Å². The third kappa shape index (κ3) is 33.0. The monoisotopic (exact) mass is 520 g/mol. The number of quaternary nitrogens is 1. The lowest BCUT2D eigenvalue weighted by molar-refractivity contribution is -0.888. The smallest absolute Gasteiger partial charge is 0.219 e. The highest BCUT2D eigenvalue weighted by atomic mass is 32.3. The largest absolute Gasteiger partial charge is 0.726 e. The Morgan fingerprint density at radius 1 is 0.829 bits per heavy atom. The fraction of sp³-hybridized carbons (Fsp3) is 0.889. The van der Waals surface area contributed by atoms with E-state index in [0.29, 0.717) is 6.42 Å². The summed E-state index contributed by atoms with van der Waals surface area (Å²) in [7, 11) is 0.0623. The van der Waals surface area contributed by atoms with Gasteiger partial charge in [0.2, 0.25) is 16.3 Å². The first-order valence-electron chi connectivity index (χ1n) is 13.9. The van der Waals surface area contributed by atoms with Crippen molar-refractivity contribution in [3.63, 3.8) is 0 Å². The molecule has 1 N–H and O–H groups in total. The van der Waals surface area contributed by atoms with E-state index in [-0.39, 0.29) is 12.5 Å². The van der Waals surface area contributed by atoms with Gasteiger partial charge in [0.05, 0.1) is 33.8 Å². The zero-order chi connectivity index (χ0) is 26.8. The lowest BCUT2D eigenvalue weighted by atomic mass is 10.1. The zero-order valence-corrected chi connectivity index (χ0v) is 24.3. The summed E-state index contributed by atoms with van der Waals surface area (Å²) in [6.07, 6.45) is 23.4. The Hall–Kier alpha value is -0.960. The molecule has 0 heterocycles. The number of amides is 1. The molecule has 8 heteroatoms. The summed E-state index contributed by atoms with van der Waals surface area (Å²) in [6, 6.07) is 0. The molecule has 0 atom stereocenters. The Balaban J connectivity index is 0. The van der Waals surface area contributed by atoms with Crippen molar-refractivity contribution >= 4 is 16.3 Å². The van der Waals surface area contributed by atoms with E-state index in [2.05, 4.69) is 49.6 Å². The van der Waals surface area contributed by atoms with Gasteiger partial charge in [-0.05, 0) is 46.0 Å². The molecule has 210 valence electrons. The third-order valence-electron chi connectivity index (χ3n) is 6.05. The van der Waals surface area contributed by atoms with Gasteiger partial charge in [-0.3, -0.25) is 8.98 Å². The van der Waals surface area contributed by atoms with Crippen LogP contribution < -0.4 is 5.32 Å². The van der Waals surface area contributed by atoms with Crippen LogP contribution in [0.25, 0.3) is 0 Å². The molecular formula is C27H56N2O5S. The molecule has 0 bridgehead atoms. The van der Waals surface area contributed by atoms with Gasteiger partial charge in [0, 0.05) is 19.4 Å². The summed E-state index contributed by atoms with van der Waals surface area (Å²) in [5.41, 5.74) is 0. The molecule has 0 aliphatic carbocycles. The molecule has 0 radical (unpaired) electrons. The van der Waals surface area contributed by atoms with Gasteiger partial charge in [-0.2, -0.15) is 0 Å². The van der Waals surface area contributed by atoms with Gasteiger partial charge in [-0.15, -0.1) is 0 Å². The Kier molecular flexibility index (Phi) is 25.6. The van der Waals surface area contributed by atoms with Crippen molar-refractivity contribution in [1.29, 1.82) is 0 Å². The van der Waals surface area contributed by atoms with Crippen LogP contribution in [0.5, 0.6) is 0 Å². The number of hydrogen-bond donors (Lipinski definition) is 1. The maximum Gasteiger partial charge on any atom is 0.219 e. The van der Waals surface area contributed by atoms with E-state index in [4.69, 9.17) is 0 Å². The number of rotatable bonds is 22. The highest BCUT2D eigenvalue weighted by Crippen LogP contribution is 2.10. The van der Waals surface area contributed by atoms with E-state index in [0.717, 1.165) is 37.0 Å². The SMILES string of the molecule is CCCCCCCC/C=C\CCCCCCCC(=O)NCCC[N+](C)(C)CC.CCOS(=O)(=O)[O-]. The highest BCUT2D eigenvalue weighted by Gasteiger charge is 2.10. The van der Waals surface area contributed by atoms with E-state index in [1.165, 1.54) is 84.0 Å². The second-order valence-electron chi connectivity index (χ2n) is 9.83. The molecule has 0 aromatic heterocycles. The number of unbranched alkanes of at least 4 members (excludes halogenated alkanes) is 11. The first-order valence-corrected chi connectivity index (χ1v) is 15.2. The molecule has 35 heavy (non-hydrogen) atoms. The van der Waals surface area contributed by atoms with E-state index in [1.54, 1.807) is 0 Å². The number of allylic oxidation sites excluding steroid dienone is 2. The maximum absolute atomic E-state index is 11.8. The van der Waals surface area contributed by atoms with Crippen molar-refractivity contribution in [3.8, 4) is 0 Å². The topological polar surface area (TPSA) is 95.5 Å². The van der Waals surface area contributed by atoms with Crippen LogP contribution >= 0.6 is 0 Å². The van der Waals surface area contributed by atoms with Crippen LogP contribution in [0.2, 0.25) is 0 Å². The maximum atomic E-state index is 11.8.